The zero-order chi connectivity index (χ0) is 31.2. The van der Waals surface area contributed by atoms with E-state index in [9.17, 15) is 14.7 Å². The van der Waals surface area contributed by atoms with Gasteiger partial charge in [-0.15, -0.1) is 0 Å². The van der Waals surface area contributed by atoms with Crippen molar-refractivity contribution in [3.63, 3.8) is 0 Å². The molecule has 1 aliphatic rings. The minimum absolute atomic E-state index is 0.0476. The molecular weight excluding hydrogens is 600 g/mol. The highest BCUT2D eigenvalue weighted by Gasteiger charge is 2.48. The van der Waals surface area contributed by atoms with Crippen LogP contribution in [0.1, 0.15) is 63.6 Å². The Morgan fingerprint density at radius 3 is 2.43 bits per heavy atom. The number of benzene rings is 3. The molecule has 1 amide bonds. The molecule has 1 saturated heterocycles. The first-order valence-electron chi connectivity index (χ1n) is 14.9. The minimum atomic E-state index is -0.976. The van der Waals surface area contributed by atoms with E-state index in [1.807, 2.05) is 13.8 Å². The summed E-state index contributed by atoms with van der Waals surface area (Å²) >= 11 is 7.47. The van der Waals surface area contributed by atoms with Gasteiger partial charge in [0.15, 0.2) is 16.6 Å². The van der Waals surface area contributed by atoms with E-state index in [2.05, 4.69) is 11.9 Å². The summed E-state index contributed by atoms with van der Waals surface area (Å²) in [6.45, 7) is 7.51. The van der Waals surface area contributed by atoms with Gasteiger partial charge < -0.3 is 19.3 Å². The number of fused-ring (bicyclic) bond motifs is 1. The molecule has 10 heteroatoms. The topological polar surface area (TPSA) is 98.2 Å². The largest absolute Gasteiger partial charge is 0.507 e. The number of thiazole rings is 1. The molecule has 1 N–H and O–H groups in total. The third-order valence-electron chi connectivity index (χ3n) is 7.18. The average molecular weight is 635 g/mol. The SMILES string of the molecule is CCCCCOc1ccc(C2/C(=C(\O)c3ccc(OCCC)cc3)C(=O)C(=O)N2c2nc3ccc(Cl)cc3s2)cc1OCC. The number of carbonyl (C=O) groups is 2. The number of amides is 1. The third kappa shape index (κ3) is 6.54. The van der Waals surface area contributed by atoms with E-state index >= 15 is 0 Å². The van der Waals surface area contributed by atoms with Crippen molar-refractivity contribution in [2.75, 3.05) is 24.7 Å². The van der Waals surface area contributed by atoms with E-state index in [4.69, 9.17) is 25.8 Å². The second-order valence-electron chi connectivity index (χ2n) is 10.3. The standard InChI is InChI=1S/C34H35ClN2O6S/c1-4-7-8-18-43-26-16-11-22(19-27(26)41-6-3)30-29(31(38)21-9-13-24(14-10-21)42-17-5-2)32(39)33(40)37(30)34-36-25-15-12-23(35)20-28(25)44-34/h9-16,19-20,30,38H,4-8,17-18H2,1-3H3/b31-29+. The monoisotopic (exact) mass is 634 g/mol. The van der Waals surface area contributed by atoms with Crippen LogP contribution in [-0.4, -0.2) is 41.6 Å². The Morgan fingerprint density at radius 1 is 0.909 bits per heavy atom. The van der Waals surface area contributed by atoms with E-state index in [1.165, 1.54) is 16.2 Å². The van der Waals surface area contributed by atoms with Gasteiger partial charge in [0.25, 0.3) is 5.78 Å². The Kier molecular flexibility index (Phi) is 10.1. The molecule has 1 fully saturated rings. The number of hydrogen-bond donors (Lipinski definition) is 1. The molecule has 0 spiro atoms. The number of rotatable bonds is 13. The quantitative estimate of drug-likeness (QED) is 0.0683. The molecule has 1 aliphatic heterocycles. The molecule has 3 aromatic carbocycles. The van der Waals surface area contributed by atoms with Crippen LogP contribution in [0.3, 0.4) is 0 Å². The number of nitrogens with zero attached hydrogens (tertiary/aromatic N) is 2. The first-order valence-corrected chi connectivity index (χ1v) is 16.1. The van der Waals surface area contributed by atoms with Crippen molar-refractivity contribution in [2.45, 2.75) is 52.5 Å². The summed E-state index contributed by atoms with van der Waals surface area (Å²) in [5, 5.41) is 12.4. The number of carbonyl (C=O) groups excluding carboxylic acids is 2. The molecule has 230 valence electrons. The number of halogens is 1. The second kappa shape index (κ2) is 14.1. The number of aliphatic hydroxyl groups excluding tert-OH is 1. The van der Waals surface area contributed by atoms with Crippen molar-refractivity contribution in [3.8, 4) is 17.2 Å². The van der Waals surface area contributed by atoms with Crippen LogP contribution in [-0.2, 0) is 9.59 Å². The van der Waals surface area contributed by atoms with E-state index in [-0.39, 0.29) is 11.3 Å². The lowest BCUT2D eigenvalue weighted by molar-refractivity contribution is -0.132. The smallest absolute Gasteiger partial charge is 0.301 e. The number of ether oxygens (including phenoxy) is 3. The molecule has 0 aliphatic carbocycles. The summed E-state index contributed by atoms with van der Waals surface area (Å²) in [5.74, 6) is -0.192. The maximum atomic E-state index is 13.7. The number of aromatic nitrogens is 1. The second-order valence-corrected chi connectivity index (χ2v) is 11.8. The van der Waals surface area contributed by atoms with Gasteiger partial charge in [-0.05, 0) is 79.9 Å². The molecule has 0 bridgehead atoms. The predicted molar refractivity (Wildman–Crippen MR) is 174 cm³/mol. The highest BCUT2D eigenvalue weighted by Crippen LogP contribution is 2.46. The van der Waals surface area contributed by atoms with Gasteiger partial charge in [-0.2, -0.15) is 0 Å². The Bertz CT molecular complexity index is 1680. The van der Waals surface area contributed by atoms with Crippen molar-refractivity contribution >= 4 is 55.7 Å². The number of unbranched alkanes of at least 4 members (excludes halogenated alkanes) is 2. The molecule has 8 nitrogen and oxygen atoms in total. The van der Waals surface area contributed by atoms with Crippen LogP contribution in [0.5, 0.6) is 17.2 Å². The van der Waals surface area contributed by atoms with Gasteiger partial charge in [-0.3, -0.25) is 14.5 Å². The Hall–Kier alpha value is -4.08. The lowest BCUT2D eigenvalue weighted by atomic mass is 9.95. The molecule has 5 rings (SSSR count). The fourth-order valence-corrected chi connectivity index (χ4v) is 6.30. The van der Waals surface area contributed by atoms with Crippen molar-refractivity contribution in [2.24, 2.45) is 0 Å². The predicted octanol–water partition coefficient (Wildman–Crippen LogP) is 8.33. The van der Waals surface area contributed by atoms with Gasteiger partial charge in [0, 0.05) is 10.6 Å². The molecule has 0 saturated carbocycles. The summed E-state index contributed by atoms with van der Waals surface area (Å²) in [5.41, 5.74) is 1.54. The van der Waals surface area contributed by atoms with Gasteiger partial charge in [0.1, 0.15) is 11.5 Å². The summed E-state index contributed by atoms with van der Waals surface area (Å²) < 4.78 is 18.4. The van der Waals surface area contributed by atoms with E-state index in [1.54, 1.807) is 60.7 Å². The fraction of sp³-hybridized carbons (Fsp3) is 0.324. The average Bonchev–Trinajstić information content (AvgIpc) is 3.56. The molecule has 1 atom stereocenters. The number of aliphatic hydroxyl groups is 1. The first kappa shape index (κ1) is 31.3. The van der Waals surface area contributed by atoms with Crippen molar-refractivity contribution in [1.29, 1.82) is 0 Å². The van der Waals surface area contributed by atoms with Crippen LogP contribution in [0, 0.1) is 0 Å². The van der Waals surface area contributed by atoms with Crippen LogP contribution in [0.25, 0.3) is 16.0 Å². The van der Waals surface area contributed by atoms with Crippen LogP contribution < -0.4 is 19.1 Å². The maximum Gasteiger partial charge on any atom is 0.301 e. The van der Waals surface area contributed by atoms with E-state index in [0.29, 0.717) is 63.9 Å². The summed E-state index contributed by atoms with van der Waals surface area (Å²) in [6, 6.07) is 16.4. The molecule has 4 aromatic rings. The number of hydrogen-bond acceptors (Lipinski definition) is 8. The molecule has 1 unspecified atom stereocenters. The van der Waals surface area contributed by atoms with Gasteiger partial charge >= 0.3 is 5.91 Å². The summed E-state index contributed by atoms with van der Waals surface area (Å²) in [7, 11) is 0. The van der Waals surface area contributed by atoms with Crippen molar-refractivity contribution in [1.82, 2.24) is 4.98 Å². The Morgan fingerprint density at radius 2 is 1.70 bits per heavy atom. The van der Waals surface area contributed by atoms with Gasteiger partial charge in [0.2, 0.25) is 0 Å². The van der Waals surface area contributed by atoms with Crippen LogP contribution in [0.15, 0.2) is 66.2 Å². The molecule has 44 heavy (non-hydrogen) atoms. The fourth-order valence-electron chi connectivity index (χ4n) is 5.04. The summed E-state index contributed by atoms with van der Waals surface area (Å²) in [6.07, 6.45) is 3.89. The third-order valence-corrected chi connectivity index (χ3v) is 8.43. The lowest BCUT2D eigenvalue weighted by Gasteiger charge is -2.24. The van der Waals surface area contributed by atoms with Gasteiger partial charge in [-0.1, -0.05) is 55.7 Å². The Balaban J connectivity index is 1.63. The highest BCUT2D eigenvalue weighted by molar-refractivity contribution is 7.22. The number of ketones is 1. The maximum absolute atomic E-state index is 13.7. The van der Waals surface area contributed by atoms with E-state index < -0.39 is 17.7 Å². The zero-order valence-electron chi connectivity index (χ0n) is 25.0. The molecule has 0 radical (unpaired) electrons. The van der Waals surface area contributed by atoms with Crippen LogP contribution >= 0.6 is 22.9 Å². The van der Waals surface area contributed by atoms with Crippen LogP contribution in [0.2, 0.25) is 5.02 Å². The van der Waals surface area contributed by atoms with Crippen molar-refractivity contribution < 1.29 is 28.9 Å². The molecule has 1 aromatic heterocycles. The first-order chi connectivity index (χ1) is 21.4. The highest BCUT2D eigenvalue weighted by atomic mass is 35.5. The van der Waals surface area contributed by atoms with E-state index in [0.717, 1.165) is 30.4 Å². The zero-order valence-corrected chi connectivity index (χ0v) is 26.5. The normalized spacial score (nSPS) is 16.1. The molecule has 2 heterocycles. The lowest BCUT2D eigenvalue weighted by Crippen LogP contribution is -2.29. The summed E-state index contributed by atoms with van der Waals surface area (Å²) in [4.78, 5) is 33.5. The van der Waals surface area contributed by atoms with Crippen LogP contribution in [0.4, 0.5) is 5.13 Å². The van der Waals surface area contributed by atoms with Gasteiger partial charge in [0.05, 0.1) is 41.7 Å². The number of Topliss-reactive ketones (excluding diaryl/α,β-unsaturated/α-hetero) is 1. The minimum Gasteiger partial charge on any atom is -0.507 e. The molecular formula is C34H35ClN2O6S. The Labute approximate surface area is 265 Å². The van der Waals surface area contributed by atoms with Crippen molar-refractivity contribution in [3.05, 3.63) is 82.4 Å². The van der Waals surface area contributed by atoms with Gasteiger partial charge in [-0.25, -0.2) is 4.98 Å². The number of anilines is 1.